The summed E-state index contributed by atoms with van der Waals surface area (Å²) >= 11 is 7.37. The highest BCUT2D eigenvalue weighted by Gasteiger charge is 2.38. The fourth-order valence-corrected chi connectivity index (χ4v) is 4.31. The molecule has 1 fully saturated rings. The SMILES string of the molecule is CCN1C(=O)S[C@H](Cc2cc(Cl)c(OCc3ccccc3F)c(OC)c2)C1=O. The van der Waals surface area contributed by atoms with Crippen LogP contribution >= 0.6 is 23.4 Å². The topological polar surface area (TPSA) is 55.8 Å². The molecule has 2 amide bonds. The molecule has 2 aromatic rings. The minimum atomic E-state index is -0.488. The minimum absolute atomic E-state index is 0.000968. The van der Waals surface area contributed by atoms with Gasteiger partial charge < -0.3 is 9.47 Å². The average Bonchev–Trinajstić information content (AvgIpc) is 2.94. The second kappa shape index (κ2) is 8.84. The molecule has 5 nitrogen and oxygen atoms in total. The van der Waals surface area contributed by atoms with E-state index in [1.807, 2.05) is 0 Å². The summed E-state index contributed by atoms with van der Waals surface area (Å²) in [5.41, 5.74) is 1.15. The fraction of sp³-hybridized carbons (Fsp3) is 0.300. The summed E-state index contributed by atoms with van der Waals surface area (Å²) in [6.07, 6.45) is 0.343. The maximum atomic E-state index is 13.8. The van der Waals surface area contributed by atoms with Gasteiger partial charge in [0.05, 0.1) is 17.4 Å². The lowest BCUT2D eigenvalue weighted by Gasteiger charge is -2.15. The van der Waals surface area contributed by atoms with E-state index >= 15 is 0 Å². The van der Waals surface area contributed by atoms with Crippen LogP contribution in [-0.2, 0) is 17.8 Å². The highest BCUT2D eigenvalue weighted by Crippen LogP contribution is 2.39. The molecule has 0 aliphatic carbocycles. The molecule has 0 N–H and O–H groups in total. The number of hydrogen-bond donors (Lipinski definition) is 0. The first-order valence-corrected chi connectivity index (χ1v) is 9.95. The third-order valence-corrected chi connectivity index (χ3v) is 5.72. The van der Waals surface area contributed by atoms with E-state index in [0.29, 0.717) is 35.1 Å². The number of methoxy groups -OCH3 is 1. The maximum Gasteiger partial charge on any atom is 0.289 e. The van der Waals surface area contributed by atoms with Gasteiger partial charge in [0.15, 0.2) is 11.5 Å². The number of thioether (sulfide) groups is 1. The third kappa shape index (κ3) is 4.25. The van der Waals surface area contributed by atoms with Gasteiger partial charge in [-0.25, -0.2) is 4.39 Å². The standard InChI is InChI=1S/C20H19ClFNO4S/c1-3-23-19(24)17(28-20(23)25)10-12-8-14(21)18(16(9-12)26-2)27-11-13-6-4-5-7-15(13)22/h4-9,17H,3,10-11H2,1-2H3/t17-/m1/s1. The second-order valence-electron chi connectivity index (χ2n) is 6.15. The lowest BCUT2D eigenvalue weighted by Crippen LogP contribution is -2.31. The van der Waals surface area contributed by atoms with E-state index in [1.165, 1.54) is 18.1 Å². The number of carbonyl (C=O) groups is 2. The van der Waals surface area contributed by atoms with Gasteiger partial charge in [-0.15, -0.1) is 0 Å². The van der Waals surface area contributed by atoms with Crippen LogP contribution in [0.25, 0.3) is 0 Å². The van der Waals surface area contributed by atoms with Crippen molar-refractivity contribution in [3.63, 3.8) is 0 Å². The van der Waals surface area contributed by atoms with Crippen LogP contribution < -0.4 is 9.47 Å². The zero-order valence-electron chi connectivity index (χ0n) is 15.4. The molecule has 1 atom stereocenters. The molecule has 0 spiro atoms. The van der Waals surface area contributed by atoms with Crippen molar-refractivity contribution in [1.29, 1.82) is 0 Å². The van der Waals surface area contributed by atoms with Crippen molar-refractivity contribution < 1.29 is 23.5 Å². The number of hydrogen-bond acceptors (Lipinski definition) is 5. The van der Waals surface area contributed by atoms with Crippen LogP contribution in [0.1, 0.15) is 18.1 Å². The maximum absolute atomic E-state index is 13.8. The van der Waals surface area contributed by atoms with Crippen molar-refractivity contribution in [2.24, 2.45) is 0 Å². The first kappa shape index (κ1) is 20.5. The number of ether oxygens (including phenoxy) is 2. The summed E-state index contributed by atoms with van der Waals surface area (Å²) in [6, 6.07) is 9.71. The Morgan fingerprint density at radius 1 is 1.25 bits per heavy atom. The van der Waals surface area contributed by atoms with Crippen LogP contribution in [0.2, 0.25) is 5.02 Å². The van der Waals surface area contributed by atoms with E-state index in [0.717, 1.165) is 17.3 Å². The van der Waals surface area contributed by atoms with Crippen LogP contribution in [0, 0.1) is 5.82 Å². The van der Waals surface area contributed by atoms with E-state index in [2.05, 4.69) is 0 Å². The van der Waals surface area contributed by atoms with E-state index in [1.54, 1.807) is 37.3 Å². The Hall–Kier alpha value is -2.25. The fourth-order valence-electron chi connectivity index (χ4n) is 2.92. The molecular formula is C20H19ClFNO4S. The van der Waals surface area contributed by atoms with Crippen LogP contribution in [0.4, 0.5) is 9.18 Å². The molecule has 0 aromatic heterocycles. The predicted octanol–water partition coefficient (Wildman–Crippen LogP) is 4.69. The zero-order valence-corrected chi connectivity index (χ0v) is 17.0. The molecule has 1 saturated heterocycles. The Bertz CT molecular complexity index is 908. The van der Waals surface area contributed by atoms with Crippen LogP contribution in [0.15, 0.2) is 36.4 Å². The Balaban J connectivity index is 1.77. The van der Waals surface area contributed by atoms with Crippen LogP contribution in [-0.4, -0.2) is 35.0 Å². The predicted molar refractivity (Wildman–Crippen MR) is 107 cm³/mol. The number of benzene rings is 2. The van der Waals surface area contributed by atoms with Crippen LogP contribution in [0.5, 0.6) is 11.5 Å². The van der Waals surface area contributed by atoms with E-state index in [4.69, 9.17) is 21.1 Å². The lowest BCUT2D eigenvalue weighted by molar-refractivity contribution is -0.126. The molecule has 148 valence electrons. The first-order chi connectivity index (χ1) is 13.4. The van der Waals surface area contributed by atoms with Gasteiger partial charge in [-0.1, -0.05) is 41.6 Å². The van der Waals surface area contributed by atoms with Gasteiger partial charge >= 0.3 is 0 Å². The molecule has 0 bridgehead atoms. The minimum Gasteiger partial charge on any atom is -0.493 e. The van der Waals surface area contributed by atoms with Crippen molar-refractivity contribution in [2.75, 3.05) is 13.7 Å². The smallest absolute Gasteiger partial charge is 0.289 e. The third-order valence-electron chi connectivity index (χ3n) is 4.36. The Kier molecular flexibility index (Phi) is 6.46. The highest BCUT2D eigenvalue weighted by molar-refractivity contribution is 8.15. The molecule has 1 aliphatic heterocycles. The number of halogens is 2. The van der Waals surface area contributed by atoms with E-state index in [-0.39, 0.29) is 23.6 Å². The average molecular weight is 424 g/mol. The first-order valence-electron chi connectivity index (χ1n) is 8.69. The highest BCUT2D eigenvalue weighted by atomic mass is 35.5. The monoisotopic (exact) mass is 423 g/mol. The summed E-state index contributed by atoms with van der Waals surface area (Å²) in [5.74, 6) is 0.115. The van der Waals surface area contributed by atoms with Gasteiger partial charge in [0.25, 0.3) is 5.24 Å². The Morgan fingerprint density at radius 3 is 2.64 bits per heavy atom. The molecular weight excluding hydrogens is 405 g/mol. The molecule has 0 radical (unpaired) electrons. The van der Waals surface area contributed by atoms with Gasteiger partial charge in [0, 0.05) is 12.1 Å². The summed E-state index contributed by atoms with van der Waals surface area (Å²) in [7, 11) is 1.48. The largest absolute Gasteiger partial charge is 0.493 e. The number of carbonyl (C=O) groups excluding carboxylic acids is 2. The van der Waals surface area contributed by atoms with Gasteiger partial charge in [-0.2, -0.15) is 0 Å². The van der Waals surface area contributed by atoms with Gasteiger partial charge in [-0.05, 0) is 37.1 Å². The molecule has 0 saturated carbocycles. The van der Waals surface area contributed by atoms with Crippen molar-refractivity contribution in [3.8, 4) is 11.5 Å². The molecule has 0 unspecified atom stereocenters. The van der Waals surface area contributed by atoms with Crippen molar-refractivity contribution in [3.05, 3.63) is 58.4 Å². The molecule has 28 heavy (non-hydrogen) atoms. The molecule has 8 heteroatoms. The quantitative estimate of drug-likeness (QED) is 0.646. The zero-order chi connectivity index (χ0) is 20.3. The van der Waals surface area contributed by atoms with Gasteiger partial charge in [-0.3, -0.25) is 14.5 Å². The van der Waals surface area contributed by atoms with Crippen LogP contribution in [0.3, 0.4) is 0 Å². The van der Waals surface area contributed by atoms with Gasteiger partial charge in [0.2, 0.25) is 5.91 Å². The van der Waals surface area contributed by atoms with E-state index in [9.17, 15) is 14.0 Å². The summed E-state index contributed by atoms with van der Waals surface area (Å²) < 4.78 is 24.8. The summed E-state index contributed by atoms with van der Waals surface area (Å²) in [5, 5.41) is -0.432. The Labute approximate surface area is 171 Å². The summed E-state index contributed by atoms with van der Waals surface area (Å²) in [4.78, 5) is 25.4. The van der Waals surface area contributed by atoms with Crippen molar-refractivity contribution in [1.82, 2.24) is 4.90 Å². The number of nitrogens with zero attached hydrogens (tertiary/aromatic N) is 1. The molecule has 1 aliphatic rings. The number of rotatable bonds is 7. The Morgan fingerprint density at radius 2 is 2.00 bits per heavy atom. The van der Waals surface area contributed by atoms with Crippen molar-refractivity contribution in [2.45, 2.75) is 25.2 Å². The molecule has 1 heterocycles. The molecule has 2 aromatic carbocycles. The number of imide groups is 1. The lowest BCUT2D eigenvalue weighted by atomic mass is 10.1. The summed E-state index contributed by atoms with van der Waals surface area (Å²) in [6.45, 7) is 2.12. The van der Waals surface area contributed by atoms with Gasteiger partial charge in [0.1, 0.15) is 12.4 Å². The van der Waals surface area contributed by atoms with E-state index < -0.39 is 5.25 Å². The normalized spacial score (nSPS) is 16.6. The second-order valence-corrected chi connectivity index (χ2v) is 7.71. The number of amides is 2. The van der Waals surface area contributed by atoms with Crippen molar-refractivity contribution >= 4 is 34.5 Å². The molecule has 3 rings (SSSR count).